The first-order valence-electron chi connectivity index (χ1n) is 7.49. The Labute approximate surface area is 124 Å². The summed E-state index contributed by atoms with van der Waals surface area (Å²) in [6.45, 7) is 3.06. The molecule has 1 aliphatic heterocycles. The number of aryl methyl sites for hydroxylation is 2. The van der Waals surface area contributed by atoms with Crippen molar-refractivity contribution < 1.29 is 4.74 Å². The lowest BCUT2D eigenvalue weighted by atomic mass is 9.92. The monoisotopic (exact) mass is 289 g/mol. The van der Waals surface area contributed by atoms with E-state index in [9.17, 15) is 4.79 Å². The van der Waals surface area contributed by atoms with Crippen molar-refractivity contribution >= 4 is 11.0 Å². The van der Waals surface area contributed by atoms with Crippen molar-refractivity contribution in [2.24, 2.45) is 20.0 Å². The van der Waals surface area contributed by atoms with Gasteiger partial charge in [0.2, 0.25) is 0 Å². The van der Waals surface area contributed by atoms with Gasteiger partial charge in [0.25, 0.3) is 0 Å². The SMILES string of the molecule is CNC(c1ccc2c(c1)n(C)c(=O)n2C)C1OCCC1C. The van der Waals surface area contributed by atoms with Gasteiger partial charge < -0.3 is 10.1 Å². The molecule has 0 aliphatic carbocycles. The number of benzene rings is 1. The number of likely N-dealkylation sites (N-methyl/N-ethyl adjacent to an activating group) is 1. The molecule has 3 atom stereocenters. The maximum Gasteiger partial charge on any atom is 0.328 e. The van der Waals surface area contributed by atoms with Gasteiger partial charge in [0.1, 0.15) is 0 Å². The number of rotatable bonds is 3. The Bertz CT molecular complexity index is 716. The third-order valence-electron chi connectivity index (χ3n) is 4.74. The van der Waals surface area contributed by atoms with Gasteiger partial charge >= 0.3 is 5.69 Å². The summed E-state index contributed by atoms with van der Waals surface area (Å²) in [7, 11) is 5.59. The van der Waals surface area contributed by atoms with Gasteiger partial charge in [0.05, 0.1) is 23.2 Å². The number of imidazole rings is 1. The van der Waals surface area contributed by atoms with Crippen LogP contribution in [0.4, 0.5) is 0 Å². The lowest BCUT2D eigenvalue weighted by molar-refractivity contribution is 0.0631. The van der Waals surface area contributed by atoms with E-state index in [1.165, 1.54) is 5.56 Å². The molecule has 0 amide bonds. The smallest absolute Gasteiger partial charge is 0.328 e. The van der Waals surface area contributed by atoms with Gasteiger partial charge in [0.15, 0.2) is 0 Å². The molecule has 1 fully saturated rings. The Balaban J connectivity index is 2.07. The van der Waals surface area contributed by atoms with E-state index in [0.717, 1.165) is 24.1 Å². The topological polar surface area (TPSA) is 48.2 Å². The number of hydrogen-bond donors (Lipinski definition) is 1. The maximum absolute atomic E-state index is 12.0. The summed E-state index contributed by atoms with van der Waals surface area (Å²) in [6.07, 6.45) is 1.29. The summed E-state index contributed by atoms with van der Waals surface area (Å²) in [5.41, 5.74) is 3.10. The average molecular weight is 289 g/mol. The van der Waals surface area contributed by atoms with Gasteiger partial charge in [-0.1, -0.05) is 13.0 Å². The zero-order chi connectivity index (χ0) is 15.1. The average Bonchev–Trinajstić information content (AvgIpc) is 2.99. The van der Waals surface area contributed by atoms with Crippen molar-refractivity contribution in [2.45, 2.75) is 25.5 Å². The van der Waals surface area contributed by atoms with Crippen LogP contribution in [0, 0.1) is 5.92 Å². The fraction of sp³-hybridized carbons (Fsp3) is 0.562. The summed E-state index contributed by atoms with van der Waals surface area (Å²) >= 11 is 0. The van der Waals surface area contributed by atoms with E-state index < -0.39 is 0 Å². The summed E-state index contributed by atoms with van der Waals surface area (Å²) in [5, 5.41) is 3.38. The molecule has 21 heavy (non-hydrogen) atoms. The van der Waals surface area contributed by atoms with Gasteiger partial charge in [-0.15, -0.1) is 0 Å². The number of fused-ring (bicyclic) bond motifs is 1. The van der Waals surface area contributed by atoms with Crippen molar-refractivity contribution in [1.29, 1.82) is 0 Å². The maximum atomic E-state index is 12.0. The molecule has 5 nitrogen and oxygen atoms in total. The molecule has 5 heteroatoms. The van der Waals surface area contributed by atoms with Crippen molar-refractivity contribution in [3.05, 3.63) is 34.2 Å². The Morgan fingerprint density at radius 3 is 2.62 bits per heavy atom. The van der Waals surface area contributed by atoms with E-state index in [1.54, 1.807) is 9.13 Å². The van der Waals surface area contributed by atoms with E-state index in [1.807, 2.05) is 27.2 Å². The van der Waals surface area contributed by atoms with E-state index in [-0.39, 0.29) is 17.8 Å². The Hall–Kier alpha value is -1.59. The highest BCUT2D eigenvalue weighted by Gasteiger charge is 2.32. The molecule has 2 aromatic rings. The van der Waals surface area contributed by atoms with Crippen molar-refractivity contribution in [3.63, 3.8) is 0 Å². The van der Waals surface area contributed by atoms with Crippen LogP contribution in [-0.2, 0) is 18.8 Å². The van der Waals surface area contributed by atoms with Crippen LogP contribution >= 0.6 is 0 Å². The lowest BCUT2D eigenvalue weighted by Crippen LogP contribution is -2.32. The van der Waals surface area contributed by atoms with Crippen LogP contribution < -0.4 is 11.0 Å². The number of nitrogens with one attached hydrogen (secondary N) is 1. The van der Waals surface area contributed by atoms with Crippen LogP contribution in [0.25, 0.3) is 11.0 Å². The molecule has 0 spiro atoms. The summed E-state index contributed by atoms with van der Waals surface area (Å²) < 4.78 is 9.29. The fourth-order valence-corrected chi connectivity index (χ4v) is 3.38. The third-order valence-corrected chi connectivity index (χ3v) is 4.74. The van der Waals surface area contributed by atoms with Gasteiger partial charge in [-0.3, -0.25) is 9.13 Å². The molecule has 2 heterocycles. The van der Waals surface area contributed by atoms with E-state index in [2.05, 4.69) is 24.4 Å². The zero-order valence-electron chi connectivity index (χ0n) is 13.1. The summed E-state index contributed by atoms with van der Waals surface area (Å²) in [5.74, 6) is 0.540. The molecule has 1 aromatic heterocycles. The minimum atomic E-state index is 0.00800. The Kier molecular flexibility index (Phi) is 3.63. The number of hydrogen-bond acceptors (Lipinski definition) is 3. The Morgan fingerprint density at radius 1 is 1.29 bits per heavy atom. The molecule has 0 saturated carbocycles. The van der Waals surface area contributed by atoms with Gasteiger partial charge in [-0.05, 0) is 37.1 Å². The quantitative estimate of drug-likeness (QED) is 0.933. The molecule has 1 saturated heterocycles. The lowest BCUT2D eigenvalue weighted by Gasteiger charge is -2.26. The summed E-state index contributed by atoms with van der Waals surface area (Å²) in [6, 6.07) is 6.38. The molecule has 1 aliphatic rings. The normalized spacial score (nSPS) is 23.8. The first-order chi connectivity index (χ1) is 10.0. The zero-order valence-corrected chi connectivity index (χ0v) is 13.1. The molecule has 3 unspecified atom stereocenters. The van der Waals surface area contributed by atoms with Crippen LogP contribution in [0.5, 0.6) is 0 Å². The van der Waals surface area contributed by atoms with Crippen molar-refractivity contribution in [3.8, 4) is 0 Å². The standard InChI is InChI=1S/C16H23N3O2/c1-10-7-8-21-15(10)14(17-2)11-5-6-12-13(9-11)19(4)16(20)18(12)3/h5-6,9-10,14-15,17H,7-8H2,1-4H3. The second-order valence-corrected chi connectivity index (χ2v) is 6.02. The molecule has 0 radical (unpaired) electrons. The van der Waals surface area contributed by atoms with Crippen molar-refractivity contribution in [2.75, 3.05) is 13.7 Å². The van der Waals surface area contributed by atoms with Gasteiger partial charge in [-0.25, -0.2) is 4.79 Å². The molecule has 3 rings (SSSR count). The number of nitrogens with zero attached hydrogens (tertiary/aromatic N) is 2. The minimum absolute atomic E-state index is 0.00800. The number of ether oxygens (including phenoxy) is 1. The predicted molar refractivity (Wildman–Crippen MR) is 83.5 cm³/mol. The van der Waals surface area contributed by atoms with Crippen LogP contribution in [0.3, 0.4) is 0 Å². The summed E-state index contributed by atoms with van der Waals surface area (Å²) in [4.78, 5) is 12.0. The van der Waals surface area contributed by atoms with Crippen LogP contribution in [0.2, 0.25) is 0 Å². The van der Waals surface area contributed by atoms with Crippen LogP contribution in [0.1, 0.15) is 24.9 Å². The highest BCUT2D eigenvalue weighted by atomic mass is 16.5. The second-order valence-electron chi connectivity index (χ2n) is 6.02. The highest BCUT2D eigenvalue weighted by molar-refractivity contribution is 5.77. The second kappa shape index (κ2) is 5.31. The predicted octanol–water partition coefficient (Wildman–Crippen LogP) is 1.56. The Morgan fingerprint density at radius 2 is 2.00 bits per heavy atom. The molecular weight excluding hydrogens is 266 g/mol. The molecule has 1 aromatic carbocycles. The van der Waals surface area contributed by atoms with Crippen molar-refractivity contribution in [1.82, 2.24) is 14.5 Å². The van der Waals surface area contributed by atoms with E-state index in [4.69, 9.17) is 4.74 Å². The molecule has 0 bridgehead atoms. The first kappa shape index (κ1) is 14.4. The van der Waals surface area contributed by atoms with Gasteiger partial charge in [0, 0.05) is 20.7 Å². The van der Waals surface area contributed by atoms with Crippen LogP contribution in [-0.4, -0.2) is 28.9 Å². The molecule has 1 N–H and O–H groups in total. The van der Waals surface area contributed by atoms with E-state index in [0.29, 0.717) is 5.92 Å². The largest absolute Gasteiger partial charge is 0.376 e. The molecule has 114 valence electrons. The fourth-order valence-electron chi connectivity index (χ4n) is 3.38. The van der Waals surface area contributed by atoms with E-state index >= 15 is 0 Å². The van der Waals surface area contributed by atoms with Crippen LogP contribution in [0.15, 0.2) is 23.0 Å². The minimum Gasteiger partial charge on any atom is -0.376 e. The molecular formula is C16H23N3O2. The highest BCUT2D eigenvalue weighted by Crippen LogP contribution is 2.32. The first-order valence-corrected chi connectivity index (χ1v) is 7.49. The van der Waals surface area contributed by atoms with Gasteiger partial charge in [-0.2, -0.15) is 0 Å². The number of aromatic nitrogens is 2. The third kappa shape index (κ3) is 2.21.